The van der Waals surface area contributed by atoms with Crippen LogP contribution in [0.2, 0.25) is 0 Å². The third kappa shape index (κ3) is 2.53. The molecule has 0 aromatic carbocycles. The maximum atomic E-state index is 12.9. The third-order valence-electron chi connectivity index (χ3n) is 5.03. The quantitative estimate of drug-likeness (QED) is 0.924. The minimum Gasteiger partial charge on any atom is -0.390 e. The van der Waals surface area contributed by atoms with Gasteiger partial charge in [-0.2, -0.15) is 4.31 Å². The normalized spacial score (nSPS) is 27.0. The highest BCUT2D eigenvalue weighted by molar-refractivity contribution is 7.89. The summed E-state index contributed by atoms with van der Waals surface area (Å²) in [7, 11) is -3.43. The summed E-state index contributed by atoms with van der Waals surface area (Å²) in [6.45, 7) is 3.12. The molecule has 2 unspecified atom stereocenters. The molecule has 3 rings (SSSR count). The van der Waals surface area contributed by atoms with Crippen molar-refractivity contribution in [1.29, 1.82) is 0 Å². The monoisotopic (exact) mass is 312 g/mol. The topological polar surface area (TPSA) is 62.5 Å². The zero-order valence-electron chi connectivity index (χ0n) is 12.5. The number of rotatable bonds is 4. The van der Waals surface area contributed by atoms with Gasteiger partial charge in [-0.25, -0.2) is 8.42 Å². The van der Waals surface area contributed by atoms with Gasteiger partial charge in [-0.05, 0) is 38.2 Å². The lowest BCUT2D eigenvalue weighted by atomic mass is 9.86. The van der Waals surface area contributed by atoms with Gasteiger partial charge < -0.3 is 9.67 Å². The summed E-state index contributed by atoms with van der Waals surface area (Å²) in [4.78, 5) is 0.333. The molecular formula is C15H24N2O3S. The van der Waals surface area contributed by atoms with Crippen LogP contribution in [0.25, 0.3) is 0 Å². The molecule has 1 aromatic heterocycles. The molecule has 0 radical (unpaired) electrons. The summed E-state index contributed by atoms with van der Waals surface area (Å²) >= 11 is 0. The van der Waals surface area contributed by atoms with E-state index in [4.69, 9.17) is 0 Å². The van der Waals surface area contributed by atoms with Gasteiger partial charge in [-0.3, -0.25) is 0 Å². The average Bonchev–Trinajstić information content (AvgIpc) is 3.11. The number of hydrogen-bond acceptors (Lipinski definition) is 3. The van der Waals surface area contributed by atoms with Gasteiger partial charge in [0.15, 0.2) is 0 Å². The van der Waals surface area contributed by atoms with Crippen LogP contribution in [0.5, 0.6) is 0 Å². The maximum absolute atomic E-state index is 12.9. The molecule has 0 spiro atoms. The summed E-state index contributed by atoms with van der Waals surface area (Å²) in [5.41, 5.74) is 0.662. The maximum Gasteiger partial charge on any atom is 0.244 e. The Bertz CT molecular complexity index is 587. The number of aromatic nitrogens is 1. The summed E-state index contributed by atoms with van der Waals surface area (Å²) < 4.78 is 29.4. The van der Waals surface area contributed by atoms with Gasteiger partial charge >= 0.3 is 0 Å². The molecule has 1 aromatic rings. The van der Waals surface area contributed by atoms with Crippen molar-refractivity contribution in [2.24, 2.45) is 5.92 Å². The summed E-state index contributed by atoms with van der Waals surface area (Å²) in [6, 6.07) is 1.81. The lowest BCUT2D eigenvalue weighted by molar-refractivity contribution is 0.260. The summed E-state index contributed by atoms with van der Waals surface area (Å²) in [5, 5.41) is 9.35. The molecule has 5 nitrogen and oxygen atoms in total. The Hall–Kier alpha value is -0.850. The first-order chi connectivity index (χ1) is 10.1. The molecule has 118 valence electrons. The third-order valence-corrected chi connectivity index (χ3v) is 6.92. The van der Waals surface area contributed by atoms with Crippen LogP contribution in [-0.4, -0.2) is 35.0 Å². The van der Waals surface area contributed by atoms with E-state index in [2.05, 4.69) is 0 Å². The number of hydrogen-bond donors (Lipinski definition) is 1. The molecule has 1 N–H and O–H groups in total. The molecule has 2 heterocycles. The van der Waals surface area contributed by atoms with Gasteiger partial charge in [0.05, 0.1) is 6.61 Å². The molecule has 1 saturated carbocycles. The van der Waals surface area contributed by atoms with Gasteiger partial charge in [-0.1, -0.05) is 12.8 Å². The van der Waals surface area contributed by atoms with E-state index in [1.54, 1.807) is 21.1 Å². The summed E-state index contributed by atoms with van der Waals surface area (Å²) in [6.07, 6.45) is 7.17. The average molecular weight is 312 g/mol. The van der Waals surface area contributed by atoms with E-state index in [0.717, 1.165) is 25.7 Å². The van der Waals surface area contributed by atoms with Crippen molar-refractivity contribution in [2.75, 3.05) is 6.54 Å². The van der Waals surface area contributed by atoms with E-state index in [0.29, 0.717) is 29.6 Å². The predicted molar refractivity (Wildman–Crippen MR) is 80.3 cm³/mol. The number of nitrogens with zero attached hydrogens (tertiary/aromatic N) is 2. The minimum atomic E-state index is -3.43. The van der Waals surface area contributed by atoms with Gasteiger partial charge in [0.2, 0.25) is 10.0 Å². The predicted octanol–water partition coefficient (Wildman–Crippen LogP) is 1.95. The number of aliphatic hydroxyl groups excluding tert-OH is 1. The fraction of sp³-hybridized carbons (Fsp3) is 0.733. The van der Waals surface area contributed by atoms with Gasteiger partial charge in [0, 0.05) is 31.0 Å². The fourth-order valence-corrected chi connectivity index (χ4v) is 5.69. The zero-order chi connectivity index (χ0) is 15.0. The van der Waals surface area contributed by atoms with E-state index in [1.165, 1.54) is 6.42 Å². The Morgan fingerprint density at radius 1 is 1.29 bits per heavy atom. The van der Waals surface area contributed by atoms with Crippen LogP contribution in [0.1, 0.15) is 44.7 Å². The SMILES string of the molecule is CCn1cc(S(=O)(=O)N2CCC3CCCCC32)cc1CO. The van der Waals surface area contributed by atoms with E-state index in [-0.39, 0.29) is 12.6 Å². The zero-order valence-corrected chi connectivity index (χ0v) is 13.3. The molecule has 6 heteroatoms. The van der Waals surface area contributed by atoms with Crippen LogP contribution in [-0.2, 0) is 23.2 Å². The second-order valence-electron chi connectivity index (χ2n) is 6.13. The molecule has 2 aliphatic rings. The van der Waals surface area contributed by atoms with Crippen LogP contribution in [0, 0.1) is 5.92 Å². The standard InChI is InChI=1S/C15H24N2O3S/c1-2-16-10-14(9-13(16)11-18)21(19,20)17-8-7-12-5-3-4-6-15(12)17/h9-10,12,15,18H,2-8,11H2,1H3. The largest absolute Gasteiger partial charge is 0.390 e. The number of sulfonamides is 1. The first kappa shape index (κ1) is 15.1. The lowest BCUT2D eigenvalue weighted by Crippen LogP contribution is -2.39. The molecule has 2 atom stereocenters. The van der Waals surface area contributed by atoms with Crippen LogP contribution in [0.3, 0.4) is 0 Å². The highest BCUT2D eigenvalue weighted by Crippen LogP contribution is 2.39. The molecule has 0 bridgehead atoms. The fourth-order valence-electron chi connectivity index (χ4n) is 3.89. The molecule has 1 aliphatic carbocycles. The molecule has 2 fully saturated rings. The van der Waals surface area contributed by atoms with Gasteiger partial charge in [0.1, 0.15) is 4.90 Å². The van der Waals surface area contributed by atoms with Crippen molar-refractivity contribution in [3.63, 3.8) is 0 Å². The van der Waals surface area contributed by atoms with Gasteiger partial charge in [-0.15, -0.1) is 0 Å². The second kappa shape index (κ2) is 5.74. The Kier molecular flexibility index (Phi) is 4.12. The Labute approximate surface area is 126 Å². The van der Waals surface area contributed by atoms with Crippen molar-refractivity contribution in [3.8, 4) is 0 Å². The van der Waals surface area contributed by atoms with Crippen LogP contribution < -0.4 is 0 Å². The number of fused-ring (bicyclic) bond motifs is 1. The summed E-state index contributed by atoms with van der Waals surface area (Å²) in [5.74, 6) is 0.541. The Morgan fingerprint density at radius 2 is 2.05 bits per heavy atom. The highest BCUT2D eigenvalue weighted by Gasteiger charge is 2.42. The van der Waals surface area contributed by atoms with Crippen molar-refractivity contribution in [1.82, 2.24) is 8.87 Å². The Morgan fingerprint density at radius 3 is 2.71 bits per heavy atom. The van der Waals surface area contributed by atoms with E-state index < -0.39 is 10.0 Å². The van der Waals surface area contributed by atoms with Crippen molar-refractivity contribution >= 4 is 10.0 Å². The van der Waals surface area contributed by atoms with Crippen molar-refractivity contribution in [3.05, 3.63) is 18.0 Å². The van der Waals surface area contributed by atoms with E-state index in [1.807, 2.05) is 6.92 Å². The number of aliphatic hydroxyl groups is 1. The Balaban J connectivity index is 1.91. The van der Waals surface area contributed by atoms with Crippen molar-refractivity contribution < 1.29 is 13.5 Å². The molecular weight excluding hydrogens is 288 g/mol. The van der Waals surface area contributed by atoms with Crippen LogP contribution in [0.4, 0.5) is 0 Å². The molecule has 1 aliphatic heterocycles. The van der Waals surface area contributed by atoms with E-state index >= 15 is 0 Å². The number of aryl methyl sites for hydroxylation is 1. The highest BCUT2D eigenvalue weighted by atomic mass is 32.2. The first-order valence-electron chi connectivity index (χ1n) is 7.89. The second-order valence-corrected chi connectivity index (χ2v) is 8.02. The first-order valence-corrected chi connectivity index (χ1v) is 9.33. The molecule has 1 saturated heterocycles. The van der Waals surface area contributed by atoms with Gasteiger partial charge in [0.25, 0.3) is 0 Å². The lowest BCUT2D eigenvalue weighted by Gasteiger charge is -2.30. The minimum absolute atomic E-state index is 0.130. The van der Waals surface area contributed by atoms with Crippen LogP contribution >= 0.6 is 0 Å². The molecule has 21 heavy (non-hydrogen) atoms. The van der Waals surface area contributed by atoms with E-state index in [9.17, 15) is 13.5 Å². The van der Waals surface area contributed by atoms with Crippen molar-refractivity contribution in [2.45, 2.75) is 63.1 Å². The smallest absolute Gasteiger partial charge is 0.244 e. The van der Waals surface area contributed by atoms with Crippen LogP contribution in [0.15, 0.2) is 17.2 Å². The molecule has 0 amide bonds.